The van der Waals surface area contributed by atoms with Gasteiger partial charge in [-0.05, 0) is 18.2 Å². The van der Waals surface area contributed by atoms with E-state index in [4.69, 9.17) is 9.90 Å². The first-order chi connectivity index (χ1) is 6.38. The van der Waals surface area contributed by atoms with Gasteiger partial charge in [0.25, 0.3) is 6.47 Å². The number of nitrogens with zero attached hydrogens (tertiary/aromatic N) is 1. The van der Waals surface area contributed by atoms with Crippen molar-refractivity contribution in [1.82, 2.24) is 4.90 Å². The highest BCUT2D eigenvalue weighted by Crippen LogP contribution is 2.14. The molecule has 2 aliphatic heterocycles. The molecule has 13 heavy (non-hydrogen) atoms. The summed E-state index contributed by atoms with van der Waals surface area (Å²) in [6.45, 7) is 0.757. The van der Waals surface area contributed by atoms with Crippen molar-refractivity contribution in [2.45, 2.75) is 0 Å². The summed E-state index contributed by atoms with van der Waals surface area (Å²) >= 11 is 0. The first kappa shape index (κ1) is 9.32. The third-order valence-corrected chi connectivity index (χ3v) is 1.68. The van der Waals surface area contributed by atoms with E-state index in [9.17, 15) is 0 Å². The Bertz CT molecular complexity index is 287. The third-order valence-electron chi connectivity index (χ3n) is 1.68. The molecular formula is C10H11NO2. The Hall–Kier alpha value is -1.77. The number of allylic oxidation sites excluding steroid dienone is 5. The second-order valence-corrected chi connectivity index (χ2v) is 2.48. The molecule has 0 aromatic heterocycles. The van der Waals surface area contributed by atoms with Crippen LogP contribution in [-0.2, 0) is 4.79 Å². The zero-order valence-corrected chi connectivity index (χ0v) is 7.13. The summed E-state index contributed by atoms with van der Waals surface area (Å²) in [5, 5.41) is 6.89. The first-order valence-electron chi connectivity index (χ1n) is 3.94. The minimum Gasteiger partial charge on any atom is -0.483 e. The molecule has 0 saturated heterocycles. The van der Waals surface area contributed by atoms with Gasteiger partial charge in [-0.15, -0.1) is 0 Å². The van der Waals surface area contributed by atoms with Gasteiger partial charge in [0.1, 0.15) is 0 Å². The Kier molecular flexibility index (Phi) is 3.57. The van der Waals surface area contributed by atoms with Crippen LogP contribution in [0.5, 0.6) is 0 Å². The van der Waals surface area contributed by atoms with Crippen molar-refractivity contribution in [1.29, 1.82) is 0 Å². The third kappa shape index (κ3) is 2.63. The molecule has 0 aromatic carbocycles. The molecule has 68 valence electrons. The zero-order valence-electron chi connectivity index (χ0n) is 7.13. The molecule has 0 amide bonds. The largest absolute Gasteiger partial charge is 0.483 e. The lowest BCUT2D eigenvalue weighted by molar-refractivity contribution is -0.122. The SMILES string of the molecule is C1=CCN2C=CC=CC2=C1.O=CO. The lowest BCUT2D eigenvalue weighted by Gasteiger charge is -2.23. The quantitative estimate of drug-likeness (QED) is 0.570. The lowest BCUT2D eigenvalue weighted by Crippen LogP contribution is -2.18. The van der Waals surface area contributed by atoms with Crippen LogP contribution in [0.2, 0.25) is 0 Å². The van der Waals surface area contributed by atoms with Gasteiger partial charge in [0, 0.05) is 18.4 Å². The molecule has 0 aliphatic carbocycles. The number of hydrogen-bond donors (Lipinski definition) is 1. The summed E-state index contributed by atoms with van der Waals surface area (Å²) in [6.07, 6.45) is 14.7. The van der Waals surface area contributed by atoms with Gasteiger partial charge in [-0.25, -0.2) is 0 Å². The maximum atomic E-state index is 8.36. The van der Waals surface area contributed by atoms with Crippen molar-refractivity contribution in [3.8, 4) is 0 Å². The molecule has 0 aromatic rings. The molecule has 0 fully saturated rings. The standard InChI is InChI=1S/C9H9N.CH2O2/c1-3-7-10-8-4-2-6-9(10)5-1;2-1-3/h1-7H,8H2;1H,(H,2,3). The highest BCUT2D eigenvalue weighted by Gasteiger charge is 2.05. The van der Waals surface area contributed by atoms with Crippen molar-refractivity contribution >= 4 is 6.47 Å². The van der Waals surface area contributed by atoms with Gasteiger partial charge in [-0.1, -0.05) is 18.2 Å². The molecule has 2 rings (SSSR count). The molecule has 0 radical (unpaired) electrons. The Morgan fingerprint density at radius 1 is 1.38 bits per heavy atom. The fraction of sp³-hybridized carbons (Fsp3) is 0.100. The topological polar surface area (TPSA) is 40.5 Å². The summed E-state index contributed by atoms with van der Waals surface area (Å²) < 4.78 is 0. The van der Waals surface area contributed by atoms with E-state index in [0.29, 0.717) is 0 Å². The molecule has 0 unspecified atom stereocenters. The van der Waals surface area contributed by atoms with Crippen LogP contribution in [0.4, 0.5) is 0 Å². The summed E-state index contributed by atoms with van der Waals surface area (Å²) in [6, 6.07) is 0. The van der Waals surface area contributed by atoms with E-state index in [1.165, 1.54) is 5.70 Å². The molecular weight excluding hydrogens is 166 g/mol. The van der Waals surface area contributed by atoms with E-state index in [1.54, 1.807) is 0 Å². The summed E-state index contributed by atoms with van der Waals surface area (Å²) in [7, 11) is 0. The predicted octanol–water partition coefficient (Wildman–Crippen LogP) is 1.53. The Balaban J connectivity index is 0.000000251. The van der Waals surface area contributed by atoms with Gasteiger partial charge in [0.15, 0.2) is 0 Å². The number of hydrogen-bond acceptors (Lipinski definition) is 2. The Morgan fingerprint density at radius 3 is 2.85 bits per heavy atom. The van der Waals surface area contributed by atoms with E-state index in [0.717, 1.165) is 6.54 Å². The van der Waals surface area contributed by atoms with Crippen molar-refractivity contribution in [3.63, 3.8) is 0 Å². The van der Waals surface area contributed by atoms with Crippen molar-refractivity contribution < 1.29 is 9.90 Å². The highest BCUT2D eigenvalue weighted by atomic mass is 16.3. The van der Waals surface area contributed by atoms with Crippen LogP contribution in [0, 0.1) is 0 Å². The minimum absolute atomic E-state index is 0.250. The number of rotatable bonds is 0. The number of fused-ring (bicyclic) bond motifs is 1. The summed E-state index contributed by atoms with van der Waals surface area (Å²) in [5.74, 6) is 0. The van der Waals surface area contributed by atoms with Crippen LogP contribution in [0.3, 0.4) is 0 Å². The second-order valence-electron chi connectivity index (χ2n) is 2.48. The highest BCUT2D eigenvalue weighted by molar-refractivity contribution is 5.33. The summed E-state index contributed by atoms with van der Waals surface area (Å²) in [5.41, 5.74) is 1.28. The van der Waals surface area contributed by atoms with Gasteiger partial charge >= 0.3 is 0 Å². The van der Waals surface area contributed by atoms with Crippen LogP contribution in [0.25, 0.3) is 0 Å². The molecule has 0 atom stereocenters. The first-order valence-corrected chi connectivity index (χ1v) is 3.94. The fourth-order valence-corrected chi connectivity index (χ4v) is 1.15. The molecule has 3 nitrogen and oxygen atoms in total. The molecule has 3 heteroatoms. The second kappa shape index (κ2) is 4.98. The lowest BCUT2D eigenvalue weighted by atomic mass is 10.2. The van der Waals surface area contributed by atoms with Crippen LogP contribution in [0.15, 0.2) is 48.4 Å². The van der Waals surface area contributed by atoms with E-state index in [2.05, 4.69) is 47.6 Å². The molecule has 2 aliphatic rings. The predicted molar refractivity (Wildman–Crippen MR) is 50.9 cm³/mol. The van der Waals surface area contributed by atoms with Gasteiger partial charge in [-0.2, -0.15) is 0 Å². The Morgan fingerprint density at radius 2 is 2.15 bits per heavy atom. The van der Waals surface area contributed by atoms with Crippen LogP contribution in [0.1, 0.15) is 0 Å². The molecule has 0 spiro atoms. The fourth-order valence-electron chi connectivity index (χ4n) is 1.15. The van der Waals surface area contributed by atoms with Gasteiger partial charge in [0.2, 0.25) is 0 Å². The molecule has 2 heterocycles. The van der Waals surface area contributed by atoms with Gasteiger partial charge in [-0.3, -0.25) is 4.79 Å². The number of carbonyl (C=O) groups is 1. The van der Waals surface area contributed by atoms with E-state index in [1.807, 2.05) is 0 Å². The van der Waals surface area contributed by atoms with Crippen LogP contribution < -0.4 is 0 Å². The van der Waals surface area contributed by atoms with Gasteiger partial charge < -0.3 is 10.0 Å². The molecule has 0 saturated carbocycles. The van der Waals surface area contributed by atoms with Crippen molar-refractivity contribution in [3.05, 3.63) is 48.4 Å². The minimum atomic E-state index is -0.250. The maximum Gasteiger partial charge on any atom is 0.290 e. The maximum absolute atomic E-state index is 8.36. The number of carboxylic acid groups (broad SMARTS) is 1. The Labute approximate surface area is 77.0 Å². The normalized spacial score (nSPS) is 16.9. The van der Waals surface area contributed by atoms with Gasteiger partial charge in [0.05, 0.1) is 0 Å². The molecule has 1 N–H and O–H groups in total. The van der Waals surface area contributed by atoms with E-state index in [-0.39, 0.29) is 6.47 Å². The van der Waals surface area contributed by atoms with Crippen molar-refractivity contribution in [2.24, 2.45) is 0 Å². The zero-order chi connectivity index (χ0) is 9.52. The monoisotopic (exact) mass is 177 g/mol. The average Bonchev–Trinajstić information content (AvgIpc) is 2.19. The average molecular weight is 177 g/mol. The smallest absolute Gasteiger partial charge is 0.290 e. The molecule has 0 bridgehead atoms. The summed E-state index contributed by atoms with van der Waals surface area (Å²) in [4.78, 5) is 10.6. The van der Waals surface area contributed by atoms with Crippen LogP contribution in [-0.4, -0.2) is 23.0 Å². The van der Waals surface area contributed by atoms with E-state index >= 15 is 0 Å². The van der Waals surface area contributed by atoms with E-state index < -0.39 is 0 Å². The van der Waals surface area contributed by atoms with Crippen LogP contribution >= 0.6 is 0 Å². The van der Waals surface area contributed by atoms with Crippen molar-refractivity contribution in [2.75, 3.05) is 6.54 Å².